The van der Waals surface area contributed by atoms with Crippen LogP contribution in [-0.2, 0) is 24.2 Å². The van der Waals surface area contributed by atoms with Crippen molar-refractivity contribution in [3.8, 4) is 0 Å². The van der Waals surface area contributed by atoms with Gasteiger partial charge in [0.2, 0.25) is 16.0 Å². The molecule has 2 amide bonds. The van der Waals surface area contributed by atoms with Gasteiger partial charge in [0.05, 0.1) is 26.0 Å². The van der Waals surface area contributed by atoms with Gasteiger partial charge in [0.1, 0.15) is 6.10 Å². The zero-order chi connectivity index (χ0) is 32.7. The highest BCUT2D eigenvalue weighted by molar-refractivity contribution is 7.88. The van der Waals surface area contributed by atoms with Gasteiger partial charge < -0.3 is 34.6 Å². The molecule has 0 aliphatic carbocycles. The molecular formula is C31H39N7O7S. The van der Waals surface area contributed by atoms with E-state index in [-0.39, 0.29) is 31.0 Å². The van der Waals surface area contributed by atoms with Crippen LogP contribution in [0.15, 0.2) is 60.8 Å². The zero-order valence-electron chi connectivity index (χ0n) is 26.1. The molecule has 2 atom stereocenters. The Morgan fingerprint density at radius 3 is 2.20 bits per heavy atom. The lowest BCUT2D eigenvalue weighted by atomic mass is 10.1. The Morgan fingerprint density at radius 1 is 0.935 bits per heavy atom. The van der Waals surface area contributed by atoms with Crippen LogP contribution in [0, 0.1) is 0 Å². The smallest absolute Gasteiger partial charge is 0.357 e. The third-order valence-electron chi connectivity index (χ3n) is 7.63. The number of rotatable bonds is 10. The second-order valence-electron chi connectivity index (χ2n) is 10.7. The number of ether oxygens (including phenoxy) is 3. The second-order valence-corrected chi connectivity index (χ2v) is 12.7. The summed E-state index contributed by atoms with van der Waals surface area (Å²) in [6.07, 6.45) is 1.99. The van der Waals surface area contributed by atoms with Crippen LogP contribution in [0.3, 0.4) is 0 Å². The minimum atomic E-state index is -3.19. The Balaban J connectivity index is 1.17. The Labute approximate surface area is 268 Å². The number of esters is 1. The highest BCUT2D eigenvalue weighted by Crippen LogP contribution is 2.29. The fourth-order valence-electron chi connectivity index (χ4n) is 5.29. The highest BCUT2D eigenvalue weighted by Gasteiger charge is 2.32. The predicted molar refractivity (Wildman–Crippen MR) is 174 cm³/mol. The number of carbonyl (C=O) groups excluding carboxylic acids is 2. The van der Waals surface area contributed by atoms with Gasteiger partial charge in [-0.25, -0.2) is 28.0 Å². The molecule has 2 unspecified atom stereocenters. The summed E-state index contributed by atoms with van der Waals surface area (Å²) in [5.74, 6) is -0.176. The van der Waals surface area contributed by atoms with Crippen molar-refractivity contribution < 1.29 is 32.2 Å². The van der Waals surface area contributed by atoms with Crippen LogP contribution in [0.5, 0.6) is 0 Å². The lowest BCUT2D eigenvalue weighted by molar-refractivity contribution is -0.0729. The van der Waals surface area contributed by atoms with Crippen molar-refractivity contribution >= 4 is 45.0 Å². The van der Waals surface area contributed by atoms with Crippen LogP contribution in [0.2, 0.25) is 0 Å². The molecule has 3 aromatic rings. The van der Waals surface area contributed by atoms with Crippen LogP contribution in [0.1, 0.15) is 36.0 Å². The van der Waals surface area contributed by atoms with Crippen molar-refractivity contribution in [3.05, 3.63) is 72.1 Å². The summed E-state index contributed by atoms with van der Waals surface area (Å²) < 4.78 is 42.1. The molecule has 3 heterocycles. The number of anilines is 4. The molecule has 15 heteroatoms. The lowest BCUT2D eigenvalue weighted by Crippen LogP contribution is -2.49. The zero-order valence-corrected chi connectivity index (χ0v) is 26.9. The van der Waals surface area contributed by atoms with Gasteiger partial charge >= 0.3 is 12.0 Å². The summed E-state index contributed by atoms with van der Waals surface area (Å²) in [7, 11) is -3.19. The number of benzene rings is 2. The Morgan fingerprint density at radius 2 is 1.59 bits per heavy atom. The van der Waals surface area contributed by atoms with Gasteiger partial charge in [-0.1, -0.05) is 12.1 Å². The summed E-state index contributed by atoms with van der Waals surface area (Å²) in [5, 5.41) is 5.68. The molecule has 2 aromatic carbocycles. The van der Waals surface area contributed by atoms with E-state index in [1.807, 2.05) is 48.2 Å². The largest absolute Gasteiger partial charge is 0.461 e. The number of sulfonamides is 1. The van der Waals surface area contributed by atoms with E-state index in [0.29, 0.717) is 56.7 Å². The van der Waals surface area contributed by atoms with Gasteiger partial charge in [-0.2, -0.15) is 4.31 Å². The monoisotopic (exact) mass is 653 g/mol. The summed E-state index contributed by atoms with van der Waals surface area (Å²) in [6, 6.07) is 15.9. The van der Waals surface area contributed by atoms with Crippen molar-refractivity contribution in [2.75, 3.05) is 79.2 Å². The molecule has 2 fully saturated rings. The number of piperazine rings is 1. The maximum atomic E-state index is 12.7. The number of morpholine rings is 1. The molecule has 1 aromatic heterocycles. The number of hydrogen-bond acceptors (Lipinski definition) is 11. The number of urea groups is 1. The van der Waals surface area contributed by atoms with Gasteiger partial charge in [-0.3, -0.25) is 0 Å². The first kappa shape index (κ1) is 33.1. The molecule has 5 rings (SSSR count). The summed E-state index contributed by atoms with van der Waals surface area (Å²) in [5.41, 5.74) is 3.25. The quantitative estimate of drug-likeness (QED) is 0.310. The molecule has 46 heavy (non-hydrogen) atoms. The third-order valence-corrected chi connectivity index (χ3v) is 8.94. The number of nitrogens with one attached hydrogen (secondary N) is 2. The number of amides is 2. The minimum Gasteiger partial charge on any atom is -0.461 e. The molecule has 0 spiro atoms. The first-order valence-electron chi connectivity index (χ1n) is 15.1. The second kappa shape index (κ2) is 14.9. The first-order chi connectivity index (χ1) is 22.1. The van der Waals surface area contributed by atoms with E-state index in [4.69, 9.17) is 14.2 Å². The van der Waals surface area contributed by atoms with Crippen LogP contribution < -0.4 is 20.4 Å². The third kappa shape index (κ3) is 8.28. The SMILES string of the molecule is CCOC(=O)c1ccnc(N2CC(c3ccc(NC(=O)Nc4ccc(N5CCN(S(C)(=O)=O)CC5)cc4)cc3)OCC2OCC)n1. The molecule has 14 nitrogen and oxygen atoms in total. The fourth-order valence-corrected chi connectivity index (χ4v) is 6.12. The van der Waals surface area contributed by atoms with E-state index in [9.17, 15) is 18.0 Å². The normalized spacial score (nSPS) is 19.0. The van der Waals surface area contributed by atoms with Crippen LogP contribution >= 0.6 is 0 Å². The standard InChI is InChI=1S/C31H39N7O7S/c1-4-43-28-21-45-27(20-38(28)30-32-15-14-26(35-30)29(39)44-5-2)22-6-8-23(9-7-22)33-31(40)34-24-10-12-25(13-11-24)36-16-18-37(19-17-36)46(3,41)42/h6-15,27-28H,4-5,16-21H2,1-3H3,(H2,33,34,40). The number of carbonyl (C=O) groups is 2. The molecule has 0 radical (unpaired) electrons. The van der Waals surface area contributed by atoms with Crippen LogP contribution in [-0.4, -0.2) is 99.7 Å². The Bertz CT molecular complexity index is 1600. The van der Waals surface area contributed by atoms with Crippen LogP contribution in [0.4, 0.5) is 27.8 Å². The molecule has 0 bridgehead atoms. The van der Waals surface area contributed by atoms with E-state index in [0.717, 1.165) is 11.3 Å². The van der Waals surface area contributed by atoms with Crippen molar-refractivity contribution in [1.29, 1.82) is 0 Å². The molecule has 2 aliphatic rings. The van der Waals surface area contributed by atoms with Gasteiger partial charge in [0, 0.05) is 56.0 Å². The number of nitrogens with zero attached hydrogens (tertiary/aromatic N) is 5. The molecule has 2 aliphatic heterocycles. The Kier molecular flexibility index (Phi) is 10.7. The van der Waals surface area contributed by atoms with Crippen molar-refractivity contribution in [3.63, 3.8) is 0 Å². The van der Waals surface area contributed by atoms with E-state index in [2.05, 4.69) is 25.5 Å². The first-order valence-corrected chi connectivity index (χ1v) is 17.0. The topological polar surface area (TPSA) is 156 Å². The summed E-state index contributed by atoms with van der Waals surface area (Å²) in [6.45, 7) is 7.07. The molecule has 246 valence electrons. The summed E-state index contributed by atoms with van der Waals surface area (Å²) in [4.78, 5) is 37.8. The van der Waals surface area contributed by atoms with Gasteiger partial charge in [-0.15, -0.1) is 0 Å². The van der Waals surface area contributed by atoms with Gasteiger partial charge in [0.25, 0.3) is 0 Å². The summed E-state index contributed by atoms with van der Waals surface area (Å²) >= 11 is 0. The van der Waals surface area contributed by atoms with Crippen molar-refractivity contribution in [2.24, 2.45) is 0 Å². The van der Waals surface area contributed by atoms with Crippen molar-refractivity contribution in [1.82, 2.24) is 14.3 Å². The Hall–Kier alpha value is -4.31. The molecule has 0 saturated carbocycles. The van der Waals surface area contributed by atoms with Gasteiger partial charge in [-0.05, 0) is 61.9 Å². The maximum Gasteiger partial charge on any atom is 0.357 e. The average Bonchev–Trinajstić information content (AvgIpc) is 3.06. The van der Waals surface area contributed by atoms with E-state index in [1.165, 1.54) is 22.8 Å². The highest BCUT2D eigenvalue weighted by atomic mass is 32.2. The molecule has 2 N–H and O–H groups in total. The molecular weight excluding hydrogens is 614 g/mol. The van der Waals surface area contributed by atoms with Crippen molar-refractivity contribution in [2.45, 2.75) is 26.2 Å². The maximum absolute atomic E-state index is 12.7. The molecule has 2 saturated heterocycles. The minimum absolute atomic E-state index is 0.166. The van der Waals surface area contributed by atoms with E-state index in [1.54, 1.807) is 19.1 Å². The average molecular weight is 654 g/mol. The van der Waals surface area contributed by atoms with E-state index < -0.39 is 22.2 Å². The predicted octanol–water partition coefficient (Wildman–Crippen LogP) is 3.32. The number of hydrogen-bond donors (Lipinski definition) is 2. The van der Waals surface area contributed by atoms with E-state index >= 15 is 0 Å². The lowest BCUT2D eigenvalue weighted by Gasteiger charge is -2.39. The number of aromatic nitrogens is 2. The fraction of sp³-hybridized carbons (Fsp3) is 0.419. The van der Waals surface area contributed by atoms with Gasteiger partial charge in [0.15, 0.2) is 11.9 Å². The van der Waals surface area contributed by atoms with Crippen LogP contribution in [0.25, 0.3) is 0 Å².